The van der Waals surface area contributed by atoms with Crippen molar-refractivity contribution in [2.24, 2.45) is 7.05 Å². The van der Waals surface area contributed by atoms with Crippen LogP contribution in [0.4, 0.5) is 10.5 Å². The summed E-state index contributed by atoms with van der Waals surface area (Å²) >= 11 is 0. The van der Waals surface area contributed by atoms with Crippen LogP contribution in [-0.2, 0) is 16.5 Å². The zero-order valence-corrected chi connectivity index (χ0v) is 16.4. The number of anilines is 1. The number of carbonyl (C=O) groups is 1. The van der Waals surface area contributed by atoms with Crippen molar-refractivity contribution in [3.05, 3.63) is 52.2 Å². The molecule has 1 aromatic carbocycles. The predicted octanol–water partition coefficient (Wildman–Crippen LogP) is 3.02. The summed E-state index contributed by atoms with van der Waals surface area (Å²) in [6.45, 7) is 3.59. The number of hydrogen-bond acceptors (Lipinski definition) is 4. The van der Waals surface area contributed by atoms with Gasteiger partial charge in [0.25, 0.3) is 0 Å². The van der Waals surface area contributed by atoms with Gasteiger partial charge < -0.3 is 14.0 Å². The highest BCUT2D eigenvalue weighted by Crippen LogP contribution is 2.24. The average molecular weight is 377 g/mol. The van der Waals surface area contributed by atoms with Gasteiger partial charge >= 0.3 is 6.09 Å². The topological polar surface area (TPSA) is 76.3 Å². The summed E-state index contributed by atoms with van der Waals surface area (Å²) in [5.74, 6) is 0.762. The van der Waals surface area contributed by atoms with E-state index in [2.05, 4.69) is 11.4 Å². The van der Waals surface area contributed by atoms with E-state index in [1.54, 1.807) is 27.0 Å². The monoisotopic (exact) mass is 377 g/mol. The van der Waals surface area contributed by atoms with Gasteiger partial charge in [0.2, 0.25) is 0 Å². The Bertz CT molecular complexity index is 1100. The molecule has 1 aliphatic rings. The number of benzene rings is 1. The molecule has 1 aromatic heterocycles. The van der Waals surface area contributed by atoms with Gasteiger partial charge in [0.05, 0.1) is 29.8 Å². The zero-order chi connectivity index (χ0) is 20.3. The van der Waals surface area contributed by atoms with Gasteiger partial charge in [-0.2, -0.15) is 5.26 Å². The van der Waals surface area contributed by atoms with Crippen molar-refractivity contribution in [2.75, 3.05) is 12.4 Å². The Kier molecular flexibility index (Phi) is 5.55. The fraction of sp³-hybridized carbons (Fsp3) is 0.273. The third kappa shape index (κ3) is 3.79. The molecule has 0 saturated heterocycles. The minimum absolute atomic E-state index is 0.203. The maximum absolute atomic E-state index is 11.9. The Hall–Kier alpha value is -3.46. The second-order valence-electron chi connectivity index (χ2n) is 6.75. The number of hydrogen-bond donors (Lipinski definition) is 1. The van der Waals surface area contributed by atoms with E-state index >= 15 is 0 Å². The van der Waals surface area contributed by atoms with Gasteiger partial charge in [0.1, 0.15) is 11.8 Å². The minimum atomic E-state index is -0.508. The molecule has 0 unspecified atom stereocenters. The SMILES string of the molecule is COC1=CCC=c2c(C#N)c(-c3cccc(NC(=O)OC(C)C)c3)n(C)c2=C1. The van der Waals surface area contributed by atoms with Crippen LogP contribution in [0.25, 0.3) is 23.4 Å². The summed E-state index contributed by atoms with van der Waals surface area (Å²) in [6.07, 6.45) is 5.92. The van der Waals surface area contributed by atoms with E-state index in [4.69, 9.17) is 9.47 Å². The second-order valence-corrected chi connectivity index (χ2v) is 6.75. The van der Waals surface area contributed by atoms with Crippen LogP contribution in [0, 0.1) is 11.3 Å². The number of rotatable bonds is 4. The number of fused-ring (bicyclic) bond motifs is 1. The van der Waals surface area contributed by atoms with Crippen LogP contribution < -0.4 is 15.9 Å². The fourth-order valence-electron chi connectivity index (χ4n) is 3.29. The normalized spacial score (nSPS) is 12.6. The second kappa shape index (κ2) is 8.05. The highest BCUT2D eigenvalue weighted by atomic mass is 16.6. The maximum Gasteiger partial charge on any atom is 0.411 e. The van der Waals surface area contributed by atoms with Crippen molar-refractivity contribution in [1.29, 1.82) is 5.26 Å². The number of ether oxygens (including phenoxy) is 2. The lowest BCUT2D eigenvalue weighted by Crippen LogP contribution is -2.28. The first-order valence-electron chi connectivity index (χ1n) is 9.07. The summed E-state index contributed by atoms with van der Waals surface area (Å²) in [4.78, 5) is 11.9. The molecule has 6 nitrogen and oxygen atoms in total. The van der Waals surface area contributed by atoms with Crippen LogP contribution in [0.1, 0.15) is 25.8 Å². The molecule has 2 aromatic rings. The molecule has 0 saturated carbocycles. The number of nitrogens with one attached hydrogen (secondary N) is 1. The van der Waals surface area contributed by atoms with E-state index in [1.165, 1.54) is 0 Å². The van der Waals surface area contributed by atoms with Crippen molar-refractivity contribution in [2.45, 2.75) is 26.4 Å². The molecule has 0 atom stereocenters. The van der Waals surface area contributed by atoms with E-state index < -0.39 is 6.09 Å². The Labute approximate surface area is 164 Å². The van der Waals surface area contributed by atoms with E-state index in [0.717, 1.165) is 27.6 Å². The van der Waals surface area contributed by atoms with Crippen LogP contribution in [0.15, 0.2) is 36.1 Å². The number of aromatic nitrogens is 1. The molecule has 0 radical (unpaired) electrons. The summed E-state index contributed by atoms with van der Waals surface area (Å²) < 4.78 is 12.5. The fourth-order valence-corrected chi connectivity index (χ4v) is 3.29. The average Bonchev–Trinajstić information content (AvgIpc) is 2.80. The lowest BCUT2D eigenvalue weighted by Gasteiger charge is -2.11. The molecule has 0 bridgehead atoms. The molecule has 6 heteroatoms. The third-order valence-electron chi connectivity index (χ3n) is 4.47. The molecule has 0 aliphatic heterocycles. The van der Waals surface area contributed by atoms with Gasteiger partial charge in [-0.25, -0.2) is 4.79 Å². The molecule has 1 heterocycles. The summed E-state index contributed by atoms with van der Waals surface area (Å²) in [7, 11) is 3.55. The van der Waals surface area contributed by atoms with Crippen LogP contribution in [0.2, 0.25) is 0 Å². The van der Waals surface area contributed by atoms with Gasteiger partial charge in [0, 0.05) is 29.6 Å². The number of allylic oxidation sites excluding steroid dienone is 2. The summed E-state index contributed by atoms with van der Waals surface area (Å²) in [5, 5.41) is 14.4. The van der Waals surface area contributed by atoms with Gasteiger partial charge in [-0.15, -0.1) is 0 Å². The number of methoxy groups -OCH3 is 1. The van der Waals surface area contributed by atoms with Crippen LogP contribution >= 0.6 is 0 Å². The highest BCUT2D eigenvalue weighted by Gasteiger charge is 2.16. The van der Waals surface area contributed by atoms with Gasteiger partial charge in [0.15, 0.2) is 0 Å². The Morgan fingerprint density at radius 2 is 2.11 bits per heavy atom. The summed E-state index contributed by atoms with van der Waals surface area (Å²) in [6, 6.07) is 9.73. The molecule has 144 valence electrons. The number of amides is 1. The van der Waals surface area contributed by atoms with Crippen molar-refractivity contribution in [3.8, 4) is 17.3 Å². The first kappa shape index (κ1) is 19.3. The standard InChI is InChI=1S/C22H23N3O3/c1-14(2)28-22(26)24-16-8-5-7-15(11-16)21-19(13-23)18-10-6-9-17(27-4)12-20(18)25(21)3/h5,7-12,14H,6H2,1-4H3,(H,24,26). The molecular weight excluding hydrogens is 354 g/mol. The van der Waals surface area contributed by atoms with Crippen LogP contribution in [-0.4, -0.2) is 23.9 Å². The van der Waals surface area contributed by atoms with Gasteiger partial charge in [-0.05, 0) is 38.5 Å². The molecule has 1 amide bonds. The zero-order valence-electron chi connectivity index (χ0n) is 16.4. The lowest BCUT2D eigenvalue weighted by molar-refractivity contribution is 0.130. The number of nitriles is 1. The highest BCUT2D eigenvalue weighted by molar-refractivity contribution is 5.86. The molecule has 1 aliphatic carbocycles. The minimum Gasteiger partial charge on any atom is -0.497 e. The molecule has 0 spiro atoms. The predicted molar refractivity (Wildman–Crippen MR) is 109 cm³/mol. The molecule has 1 N–H and O–H groups in total. The van der Waals surface area contributed by atoms with E-state index in [0.29, 0.717) is 17.7 Å². The van der Waals surface area contributed by atoms with Crippen molar-refractivity contribution in [1.82, 2.24) is 4.57 Å². The molecule has 0 fully saturated rings. The largest absolute Gasteiger partial charge is 0.497 e. The lowest BCUT2D eigenvalue weighted by atomic mass is 10.1. The molecule has 3 rings (SSSR count). The van der Waals surface area contributed by atoms with Crippen LogP contribution in [0.3, 0.4) is 0 Å². The van der Waals surface area contributed by atoms with Crippen molar-refractivity contribution >= 4 is 23.9 Å². The first-order valence-corrected chi connectivity index (χ1v) is 9.07. The Balaban J connectivity index is 2.10. The van der Waals surface area contributed by atoms with Gasteiger partial charge in [-0.3, -0.25) is 5.32 Å². The molecule has 28 heavy (non-hydrogen) atoms. The van der Waals surface area contributed by atoms with Crippen LogP contribution in [0.5, 0.6) is 0 Å². The quantitative estimate of drug-likeness (QED) is 0.889. The van der Waals surface area contributed by atoms with E-state index in [1.807, 2.05) is 48.0 Å². The van der Waals surface area contributed by atoms with E-state index in [9.17, 15) is 10.1 Å². The Morgan fingerprint density at radius 3 is 2.79 bits per heavy atom. The van der Waals surface area contributed by atoms with E-state index in [-0.39, 0.29) is 6.10 Å². The Morgan fingerprint density at radius 1 is 1.32 bits per heavy atom. The van der Waals surface area contributed by atoms with Crippen molar-refractivity contribution < 1.29 is 14.3 Å². The van der Waals surface area contributed by atoms with Gasteiger partial charge in [-0.1, -0.05) is 18.2 Å². The number of nitrogens with zero attached hydrogens (tertiary/aromatic N) is 2. The number of carbonyl (C=O) groups excluding carboxylic acids is 1. The molecular formula is C22H23N3O3. The smallest absolute Gasteiger partial charge is 0.411 e. The first-order chi connectivity index (χ1) is 13.4. The third-order valence-corrected chi connectivity index (χ3v) is 4.47. The maximum atomic E-state index is 11.9. The summed E-state index contributed by atoms with van der Waals surface area (Å²) in [5.41, 5.74) is 2.83. The van der Waals surface area contributed by atoms with Crippen molar-refractivity contribution in [3.63, 3.8) is 0 Å².